The van der Waals surface area contributed by atoms with Gasteiger partial charge >= 0.3 is 0 Å². The molecule has 0 N–H and O–H groups in total. The number of hydrogen-bond acceptors (Lipinski definition) is 3. The zero-order valence-electron chi connectivity index (χ0n) is 11.7. The lowest BCUT2D eigenvalue weighted by molar-refractivity contribution is -0.106. The molecule has 0 aliphatic carbocycles. The Balaban J connectivity index is 2.81. The van der Waals surface area contributed by atoms with Crippen molar-refractivity contribution in [3.8, 4) is 0 Å². The van der Waals surface area contributed by atoms with Gasteiger partial charge in [-0.3, -0.25) is 14.7 Å². The summed E-state index contributed by atoms with van der Waals surface area (Å²) >= 11 is 0. The lowest BCUT2D eigenvalue weighted by Crippen LogP contribution is -2.63. The Morgan fingerprint density at radius 1 is 1.12 bits per heavy atom. The first-order chi connectivity index (χ1) is 7.69. The molecule has 1 saturated heterocycles. The van der Waals surface area contributed by atoms with Crippen molar-refractivity contribution < 1.29 is 0 Å². The SMILES string of the molecule is CCC1CCN(C)C(N(CC)CC)N1CC. The average molecular weight is 227 g/mol. The van der Waals surface area contributed by atoms with Crippen molar-refractivity contribution in [1.82, 2.24) is 14.7 Å². The van der Waals surface area contributed by atoms with E-state index in [4.69, 9.17) is 0 Å². The van der Waals surface area contributed by atoms with Gasteiger partial charge in [0.2, 0.25) is 0 Å². The highest BCUT2D eigenvalue weighted by Crippen LogP contribution is 2.23. The second kappa shape index (κ2) is 6.58. The second-order valence-electron chi connectivity index (χ2n) is 4.73. The fourth-order valence-corrected chi connectivity index (χ4v) is 2.97. The standard InChI is InChI=1S/C13H29N3/c1-6-12-10-11-14(5)13(16(12)9-4)15(7-2)8-3/h12-13H,6-11H2,1-5H3. The molecule has 0 amide bonds. The summed E-state index contributed by atoms with van der Waals surface area (Å²) in [5, 5.41) is 0. The quantitative estimate of drug-likeness (QED) is 0.712. The van der Waals surface area contributed by atoms with Gasteiger partial charge in [0.1, 0.15) is 6.29 Å². The van der Waals surface area contributed by atoms with Crippen LogP contribution in [0.4, 0.5) is 0 Å². The van der Waals surface area contributed by atoms with Crippen LogP contribution in [0.15, 0.2) is 0 Å². The van der Waals surface area contributed by atoms with Gasteiger partial charge in [-0.15, -0.1) is 0 Å². The summed E-state index contributed by atoms with van der Waals surface area (Å²) in [5.74, 6) is 0. The van der Waals surface area contributed by atoms with Crippen LogP contribution in [0.1, 0.15) is 40.5 Å². The third-order valence-electron chi connectivity index (χ3n) is 3.95. The van der Waals surface area contributed by atoms with Crippen molar-refractivity contribution in [2.75, 3.05) is 33.2 Å². The fourth-order valence-electron chi connectivity index (χ4n) is 2.97. The molecule has 0 aromatic heterocycles. The van der Waals surface area contributed by atoms with Crippen molar-refractivity contribution in [1.29, 1.82) is 0 Å². The van der Waals surface area contributed by atoms with Crippen molar-refractivity contribution in [3.63, 3.8) is 0 Å². The highest BCUT2D eigenvalue weighted by Gasteiger charge is 2.34. The lowest BCUT2D eigenvalue weighted by Gasteiger charge is -2.50. The summed E-state index contributed by atoms with van der Waals surface area (Å²) in [6.45, 7) is 13.8. The normalized spacial score (nSPS) is 28.9. The van der Waals surface area contributed by atoms with E-state index in [2.05, 4.69) is 49.4 Å². The molecule has 0 aromatic rings. The van der Waals surface area contributed by atoms with Crippen molar-refractivity contribution in [2.24, 2.45) is 0 Å². The molecule has 0 bridgehead atoms. The van der Waals surface area contributed by atoms with Gasteiger partial charge in [0, 0.05) is 12.6 Å². The Kier molecular flexibility index (Phi) is 5.73. The van der Waals surface area contributed by atoms with Crippen LogP contribution in [-0.2, 0) is 0 Å². The average Bonchev–Trinajstić information content (AvgIpc) is 2.32. The summed E-state index contributed by atoms with van der Waals surface area (Å²) in [6.07, 6.45) is 3.11. The predicted molar refractivity (Wildman–Crippen MR) is 70.4 cm³/mol. The molecule has 1 heterocycles. The number of nitrogens with zero attached hydrogens (tertiary/aromatic N) is 3. The third-order valence-corrected chi connectivity index (χ3v) is 3.95. The maximum Gasteiger partial charge on any atom is 0.119 e. The molecular weight excluding hydrogens is 198 g/mol. The van der Waals surface area contributed by atoms with E-state index in [9.17, 15) is 0 Å². The molecule has 2 atom stereocenters. The van der Waals surface area contributed by atoms with Gasteiger partial charge in [-0.1, -0.05) is 27.7 Å². The van der Waals surface area contributed by atoms with Crippen LogP contribution in [0.3, 0.4) is 0 Å². The number of hydrogen-bond donors (Lipinski definition) is 0. The van der Waals surface area contributed by atoms with Gasteiger partial charge in [0.05, 0.1) is 0 Å². The molecule has 3 nitrogen and oxygen atoms in total. The summed E-state index contributed by atoms with van der Waals surface area (Å²) in [4.78, 5) is 7.73. The molecule has 1 aliphatic heterocycles. The Morgan fingerprint density at radius 2 is 1.75 bits per heavy atom. The minimum absolute atomic E-state index is 0.513. The summed E-state index contributed by atoms with van der Waals surface area (Å²) in [6, 6.07) is 0.770. The van der Waals surface area contributed by atoms with Crippen molar-refractivity contribution in [2.45, 2.75) is 52.9 Å². The summed E-state index contributed by atoms with van der Waals surface area (Å²) in [7, 11) is 2.26. The molecule has 0 spiro atoms. The van der Waals surface area contributed by atoms with Crippen LogP contribution in [0, 0.1) is 0 Å². The van der Waals surface area contributed by atoms with Crippen LogP contribution in [0.25, 0.3) is 0 Å². The molecule has 3 heteroatoms. The monoisotopic (exact) mass is 227 g/mol. The number of rotatable bonds is 5. The zero-order valence-corrected chi connectivity index (χ0v) is 11.7. The first kappa shape index (κ1) is 13.9. The Morgan fingerprint density at radius 3 is 2.19 bits per heavy atom. The maximum absolute atomic E-state index is 2.66. The van der Waals surface area contributed by atoms with Gasteiger partial charge in [-0.05, 0) is 39.5 Å². The highest BCUT2D eigenvalue weighted by molar-refractivity contribution is 4.83. The van der Waals surface area contributed by atoms with Gasteiger partial charge < -0.3 is 0 Å². The molecule has 96 valence electrons. The first-order valence-electron chi connectivity index (χ1n) is 6.89. The molecule has 1 aliphatic rings. The Labute approximate surface area is 101 Å². The lowest BCUT2D eigenvalue weighted by atomic mass is 10.1. The summed E-state index contributed by atoms with van der Waals surface area (Å²) in [5.41, 5.74) is 0. The van der Waals surface area contributed by atoms with Crippen LogP contribution in [0.5, 0.6) is 0 Å². The topological polar surface area (TPSA) is 9.72 Å². The van der Waals surface area contributed by atoms with E-state index in [1.165, 1.54) is 19.4 Å². The van der Waals surface area contributed by atoms with Gasteiger partial charge in [-0.25, -0.2) is 0 Å². The minimum Gasteiger partial charge on any atom is -0.278 e. The molecule has 1 rings (SSSR count). The fraction of sp³-hybridized carbons (Fsp3) is 1.00. The van der Waals surface area contributed by atoms with E-state index in [0.717, 1.165) is 25.7 Å². The molecule has 16 heavy (non-hydrogen) atoms. The highest BCUT2D eigenvalue weighted by atomic mass is 15.5. The van der Waals surface area contributed by atoms with E-state index in [-0.39, 0.29) is 0 Å². The molecule has 0 saturated carbocycles. The van der Waals surface area contributed by atoms with Crippen molar-refractivity contribution >= 4 is 0 Å². The first-order valence-corrected chi connectivity index (χ1v) is 6.89. The van der Waals surface area contributed by atoms with Crippen molar-refractivity contribution in [3.05, 3.63) is 0 Å². The molecule has 2 unspecified atom stereocenters. The van der Waals surface area contributed by atoms with Crippen LogP contribution in [-0.4, -0.2) is 60.3 Å². The van der Waals surface area contributed by atoms with Crippen LogP contribution in [0.2, 0.25) is 0 Å². The van der Waals surface area contributed by atoms with Gasteiger partial charge in [0.15, 0.2) is 0 Å². The largest absolute Gasteiger partial charge is 0.278 e. The second-order valence-corrected chi connectivity index (χ2v) is 4.73. The Hall–Kier alpha value is -0.120. The van der Waals surface area contributed by atoms with E-state index in [0.29, 0.717) is 6.29 Å². The summed E-state index contributed by atoms with van der Waals surface area (Å²) < 4.78 is 0. The minimum atomic E-state index is 0.513. The van der Waals surface area contributed by atoms with E-state index in [1.54, 1.807) is 0 Å². The predicted octanol–water partition coefficient (Wildman–Crippen LogP) is 2.05. The maximum atomic E-state index is 2.66. The molecule has 0 aromatic carbocycles. The Bertz CT molecular complexity index is 192. The smallest absolute Gasteiger partial charge is 0.119 e. The third kappa shape index (κ3) is 2.76. The van der Waals surface area contributed by atoms with Gasteiger partial charge in [-0.2, -0.15) is 0 Å². The molecule has 0 radical (unpaired) electrons. The van der Waals surface area contributed by atoms with Gasteiger partial charge in [0.25, 0.3) is 0 Å². The molecular formula is C13H29N3. The van der Waals surface area contributed by atoms with Crippen LogP contribution >= 0.6 is 0 Å². The van der Waals surface area contributed by atoms with E-state index >= 15 is 0 Å². The van der Waals surface area contributed by atoms with E-state index < -0.39 is 0 Å². The zero-order chi connectivity index (χ0) is 12.1. The van der Waals surface area contributed by atoms with E-state index in [1.807, 2.05) is 0 Å². The van der Waals surface area contributed by atoms with Crippen LogP contribution < -0.4 is 0 Å². The molecule has 1 fully saturated rings.